The summed E-state index contributed by atoms with van der Waals surface area (Å²) in [7, 11) is 2.08. The summed E-state index contributed by atoms with van der Waals surface area (Å²) in [5.74, 6) is 0.978. The van der Waals surface area contributed by atoms with Crippen molar-refractivity contribution in [3.05, 3.63) is 42.0 Å². The quantitative estimate of drug-likeness (QED) is 0.682. The largest absolute Gasteiger partial charge is 0.492 e. The molecule has 0 spiro atoms. The van der Waals surface area contributed by atoms with Crippen LogP contribution in [0.1, 0.15) is 12.5 Å². The SMILES string of the molecule is C=C(C)CN(C)CCOc1ccccc1C. The average molecular weight is 219 g/mol. The van der Waals surface area contributed by atoms with E-state index in [0.29, 0.717) is 6.61 Å². The highest BCUT2D eigenvalue weighted by Gasteiger charge is 2.00. The number of benzene rings is 1. The Hall–Kier alpha value is -1.28. The molecule has 0 saturated heterocycles. The van der Waals surface area contributed by atoms with E-state index in [-0.39, 0.29) is 0 Å². The van der Waals surface area contributed by atoms with E-state index < -0.39 is 0 Å². The molecule has 0 unspecified atom stereocenters. The predicted octanol–water partition coefficient (Wildman–Crippen LogP) is 2.88. The highest BCUT2D eigenvalue weighted by atomic mass is 16.5. The molecule has 0 radical (unpaired) electrons. The molecule has 0 aliphatic heterocycles. The first kappa shape index (κ1) is 12.8. The van der Waals surface area contributed by atoms with Crippen molar-refractivity contribution in [3.63, 3.8) is 0 Å². The van der Waals surface area contributed by atoms with Crippen molar-refractivity contribution in [1.29, 1.82) is 0 Å². The number of ether oxygens (including phenoxy) is 1. The number of likely N-dealkylation sites (N-methyl/N-ethyl adjacent to an activating group) is 1. The van der Waals surface area contributed by atoms with E-state index in [0.717, 1.165) is 18.8 Å². The highest BCUT2D eigenvalue weighted by molar-refractivity contribution is 5.31. The summed E-state index contributed by atoms with van der Waals surface area (Å²) < 4.78 is 5.72. The van der Waals surface area contributed by atoms with Crippen LogP contribution in [-0.4, -0.2) is 31.6 Å². The van der Waals surface area contributed by atoms with Crippen LogP contribution in [0.15, 0.2) is 36.4 Å². The molecule has 0 aliphatic carbocycles. The lowest BCUT2D eigenvalue weighted by molar-refractivity contribution is 0.246. The molecule has 1 rings (SSSR count). The second kappa shape index (κ2) is 6.33. The summed E-state index contributed by atoms with van der Waals surface area (Å²) in [6, 6.07) is 8.09. The minimum atomic E-state index is 0.717. The lowest BCUT2D eigenvalue weighted by atomic mass is 10.2. The van der Waals surface area contributed by atoms with Gasteiger partial charge in [-0.05, 0) is 32.5 Å². The Kier molecular flexibility index (Phi) is 5.06. The Balaban J connectivity index is 2.30. The van der Waals surface area contributed by atoms with Crippen molar-refractivity contribution in [3.8, 4) is 5.75 Å². The van der Waals surface area contributed by atoms with Gasteiger partial charge in [0.05, 0.1) is 0 Å². The van der Waals surface area contributed by atoms with Crippen LogP contribution in [0.2, 0.25) is 0 Å². The van der Waals surface area contributed by atoms with Gasteiger partial charge in [0.1, 0.15) is 12.4 Å². The molecule has 0 atom stereocenters. The van der Waals surface area contributed by atoms with Gasteiger partial charge in [0.2, 0.25) is 0 Å². The number of rotatable bonds is 6. The van der Waals surface area contributed by atoms with Crippen molar-refractivity contribution in [1.82, 2.24) is 4.90 Å². The Morgan fingerprint density at radius 1 is 1.38 bits per heavy atom. The zero-order valence-corrected chi connectivity index (χ0v) is 10.5. The zero-order chi connectivity index (χ0) is 12.0. The third-order valence-electron chi connectivity index (χ3n) is 2.36. The first-order chi connectivity index (χ1) is 7.59. The molecule has 1 aromatic rings. The Morgan fingerprint density at radius 2 is 2.06 bits per heavy atom. The third kappa shape index (κ3) is 4.49. The lowest BCUT2D eigenvalue weighted by Gasteiger charge is -2.17. The number of hydrogen-bond acceptors (Lipinski definition) is 2. The molecule has 0 aliphatic rings. The molecule has 0 aromatic heterocycles. The molecule has 16 heavy (non-hydrogen) atoms. The maximum atomic E-state index is 5.72. The van der Waals surface area contributed by atoms with Crippen LogP contribution in [0.25, 0.3) is 0 Å². The molecule has 0 amide bonds. The summed E-state index contributed by atoms with van der Waals surface area (Å²) in [6.45, 7) is 10.6. The fraction of sp³-hybridized carbons (Fsp3) is 0.429. The molecule has 0 fully saturated rings. The Labute approximate surface area is 98.5 Å². The third-order valence-corrected chi connectivity index (χ3v) is 2.36. The molecule has 2 heteroatoms. The molecular weight excluding hydrogens is 198 g/mol. The van der Waals surface area contributed by atoms with E-state index in [1.54, 1.807) is 0 Å². The molecule has 0 N–H and O–H groups in total. The maximum Gasteiger partial charge on any atom is 0.122 e. The van der Waals surface area contributed by atoms with E-state index in [4.69, 9.17) is 4.74 Å². The van der Waals surface area contributed by atoms with Gasteiger partial charge in [-0.3, -0.25) is 4.90 Å². The van der Waals surface area contributed by atoms with Crippen LogP contribution < -0.4 is 4.74 Å². The van der Waals surface area contributed by atoms with E-state index in [9.17, 15) is 0 Å². The van der Waals surface area contributed by atoms with Crippen molar-refractivity contribution >= 4 is 0 Å². The van der Waals surface area contributed by atoms with Gasteiger partial charge in [0.25, 0.3) is 0 Å². The van der Waals surface area contributed by atoms with Crippen LogP contribution in [0, 0.1) is 6.92 Å². The maximum absolute atomic E-state index is 5.72. The van der Waals surface area contributed by atoms with E-state index >= 15 is 0 Å². The van der Waals surface area contributed by atoms with Crippen LogP contribution in [0.5, 0.6) is 5.75 Å². The molecule has 0 saturated carbocycles. The fourth-order valence-electron chi connectivity index (χ4n) is 1.57. The van der Waals surface area contributed by atoms with Gasteiger partial charge < -0.3 is 4.74 Å². The molecule has 0 bridgehead atoms. The second-order valence-electron chi connectivity index (χ2n) is 4.31. The number of aryl methyl sites for hydroxylation is 1. The van der Waals surface area contributed by atoms with Gasteiger partial charge in [-0.25, -0.2) is 0 Å². The van der Waals surface area contributed by atoms with Gasteiger partial charge in [0, 0.05) is 13.1 Å². The standard InChI is InChI=1S/C14H21NO/c1-12(2)11-15(4)9-10-16-14-8-6-5-7-13(14)3/h5-8H,1,9-11H2,2-4H3. The summed E-state index contributed by atoms with van der Waals surface area (Å²) in [6.07, 6.45) is 0. The number of nitrogens with zero attached hydrogens (tertiary/aromatic N) is 1. The summed E-state index contributed by atoms with van der Waals surface area (Å²) in [5.41, 5.74) is 2.36. The van der Waals surface area contributed by atoms with Gasteiger partial charge in [-0.15, -0.1) is 0 Å². The normalized spacial score (nSPS) is 10.5. The predicted molar refractivity (Wildman–Crippen MR) is 69.0 cm³/mol. The average Bonchev–Trinajstić information content (AvgIpc) is 2.19. The topological polar surface area (TPSA) is 12.5 Å². The summed E-state index contributed by atoms with van der Waals surface area (Å²) in [4.78, 5) is 2.21. The molecule has 2 nitrogen and oxygen atoms in total. The highest BCUT2D eigenvalue weighted by Crippen LogP contribution is 2.15. The van der Waals surface area contributed by atoms with Crippen molar-refractivity contribution in [2.75, 3.05) is 26.7 Å². The van der Waals surface area contributed by atoms with E-state index in [2.05, 4.69) is 31.5 Å². The molecule has 1 aromatic carbocycles. The van der Waals surface area contributed by atoms with Gasteiger partial charge >= 0.3 is 0 Å². The summed E-state index contributed by atoms with van der Waals surface area (Å²) >= 11 is 0. The van der Waals surface area contributed by atoms with Gasteiger partial charge in [-0.1, -0.05) is 30.4 Å². The first-order valence-electron chi connectivity index (χ1n) is 5.61. The lowest BCUT2D eigenvalue weighted by Crippen LogP contribution is -2.25. The van der Waals surface area contributed by atoms with Crippen LogP contribution in [-0.2, 0) is 0 Å². The fourth-order valence-corrected chi connectivity index (χ4v) is 1.57. The molecule has 88 valence electrons. The van der Waals surface area contributed by atoms with Gasteiger partial charge in [0.15, 0.2) is 0 Å². The minimum absolute atomic E-state index is 0.717. The van der Waals surface area contributed by atoms with E-state index in [1.165, 1.54) is 11.1 Å². The Bertz CT molecular complexity index is 346. The van der Waals surface area contributed by atoms with Crippen molar-refractivity contribution in [2.45, 2.75) is 13.8 Å². The van der Waals surface area contributed by atoms with Crippen LogP contribution >= 0.6 is 0 Å². The first-order valence-corrected chi connectivity index (χ1v) is 5.61. The minimum Gasteiger partial charge on any atom is -0.492 e. The molecule has 0 heterocycles. The number of para-hydroxylation sites is 1. The Morgan fingerprint density at radius 3 is 2.69 bits per heavy atom. The smallest absolute Gasteiger partial charge is 0.122 e. The van der Waals surface area contributed by atoms with Crippen LogP contribution in [0.4, 0.5) is 0 Å². The monoisotopic (exact) mass is 219 g/mol. The van der Waals surface area contributed by atoms with Gasteiger partial charge in [-0.2, -0.15) is 0 Å². The van der Waals surface area contributed by atoms with Crippen molar-refractivity contribution in [2.24, 2.45) is 0 Å². The summed E-state index contributed by atoms with van der Waals surface area (Å²) in [5, 5.41) is 0. The van der Waals surface area contributed by atoms with Crippen LogP contribution in [0.3, 0.4) is 0 Å². The molecular formula is C14H21NO. The zero-order valence-electron chi connectivity index (χ0n) is 10.5. The van der Waals surface area contributed by atoms with E-state index in [1.807, 2.05) is 25.1 Å². The van der Waals surface area contributed by atoms with Crippen molar-refractivity contribution < 1.29 is 4.74 Å². The second-order valence-corrected chi connectivity index (χ2v) is 4.31. The number of hydrogen-bond donors (Lipinski definition) is 0.